The molecule has 0 saturated carbocycles. The first-order valence-corrected chi connectivity index (χ1v) is 7.27. The van der Waals surface area contributed by atoms with Crippen molar-refractivity contribution in [1.29, 1.82) is 0 Å². The van der Waals surface area contributed by atoms with Crippen LogP contribution >= 0.6 is 0 Å². The summed E-state index contributed by atoms with van der Waals surface area (Å²) in [5.41, 5.74) is 0. The number of aliphatic imine (C=N–C) groups is 1. The Morgan fingerprint density at radius 1 is 1.11 bits per heavy atom. The molecular formula is C15H28N4. The minimum absolute atomic E-state index is 0.805. The summed E-state index contributed by atoms with van der Waals surface area (Å²) in [6.45, 7) is 7.39. The second kappa shape index (κ2) is 9.48. The van der Waals surface area contributed by atoms with Gasteiger partial charge in [-0.1, -0.05) is 26.7 Å². The van der Waals surface area contributed by atoms with Gasteiger partial charge in [-0.2, -0.15) is 0 Å². The minimum atomic E-state index is 0.805. The Morgan fingerprint density at radius 3 is 2.42 bits per heavy atom. The summed E-state index contributed by atoms with van der Waals surface area (Å²) in [5, 5.41) is 6.68. The molecule has 1 aromatic rings. The summed E-state index contributed by atoms with van der Waals surface area (Å²) < 4.78 is 2.16. The fourth-order valence-electron chi connectivity index (χ4n) is 1.93. The molecule has 1 heterocycles. The number of aromatic nitrogens is 1. The van der Waals surface area contributed by atoms with Gasteiger partial charge < -0.3 is 15.2 Å². The van der Waals surface area contributed by atoms with Crippen molar-refractivity contribution in [2.24, 2.45) is 10.9 Å². The predicted octanol–water partition coefficient (Wildman–Crippen LogP) is 2.48. The van der Waals surface area contributed by atoms with Crippen molar-refractivity contribution in [2.75, 3.05) is 20.1 Å². The van der Waals surface area contributed by atoms with Crippen molar-refractivity contribution < 1.29 is 0 Å². The van der Waals surface area contributed by atoms with Gasteiger partial charge in [0.15, 0.2) is 5.96 Å². The Hall–Kier alpha value is -1.45. The monoisotopic (exact) mass is 264 g/mol. The summed E-state index contributed by atoms with van der Waals surface area (Å²) in [6.07, 6.45) is 7.94. The molecule has 0 amide bonds. The lowest BCUT2D eigenvalue weighted by atomic mass is 10.1. The largest absolute Gasteiger partial charge is 0.356 e. The van der Waals surface area contributed by atoms with Crippen molar-refractivity contribution in [1.82, 2.24) is 15.2 Å². The second-order valence-corrected chi connectivity index (χ2v) is 5.24. The third-order valence-electron chi connectivity index (χ3n) is 3.05. The van der Waals surface area contributed by atoms with Crippen molar-refractivity contribution in [3.63, 3.8) is 0 Å². The summed E-state index contributed by atoms with van der Waals surface area (Å²) >= 11 is 0. The van der Waals surface area contributed by atoms with E-state index in [9.17, 15) is 0 Å². The second-order valence-electron chi connectivity index (χ2n) is 5.24. The molecule has 0 spiro atoms. The molecule has 0 aliphatic rings. The Morgan fingerprint density at radius 2 is 1.79 bits per heavy atom. The molecular weight excluding hydrogens is 236 g/mol. The molecule has 2 N–H and O–H groups in total. The molecule has 0 aliphatic heterocycles. The van der Waals surface area contributed by atoms with Gasteiger partial charge in [0.2, 0.25) is 0 Å². The zero-order valence-electron chi connectivity index (χ0n) is 12.5. The number of nitrogens with one attached hydrogen (secondary N) is 2. The minimum Gasteiger partial charge on any atom is -0.356 e. The van der Waals surface area contributed by atoms with Crippen LogP contribution < -0.4 is 10.6 Å². The van der Waals surface area contributed by atoms with E-state index in [1.165, 1.54) is 19.3 Å². The van der Waals surface area contributed by atoms with E-state index >= 15 is 0 Å². The summed E-state index contributed by atoms with van der Waals surface area (Å²) in [4.78, 5) is 4.22. The molecule has 0 aromatic carbocycles. The lowest BCUT2D eigenvalue weighted by Gasteiger charge is -2.12. The zero-order chi connectivity index (χ0) is 13.9. The van der Waals surface area contributed by atoms with Crippen molar-refractivity contribution in [2.45, 2.75) is 39.7 Å². The molecule has 0 fully saturated rings. The van der Waals surface area contributed by atoms with Crippen LogP contribution in [0.25, 0.3) is 0 Å². The molecule has 19 heavy (non-hydrogen) atoms. The van der Waals surface area contributed by atoms with Crippen molar-refractivity contribution >= 4 is 5.96 Å². The molecule has 0 aliphatic carbocycles. The van der Waals surface area contributed by atoms with E-state index in [1.54, 1.807) is 0 Å². The molecule has 0 bridgehead atoms. The molecule has 4 heteroatoms. The lowest BCUT2D eigenvalue weighted by Crippen LogP contribution is -2.39. The van der Waals surface area contributed by atoms with Gasteiger partial charge in [-0.25, -0.2) is 0 Å². The fourth-order valence-corrected chi connectivity index (χ4v) is 1.93. The van der Waals surface area contributed by atoms with Crippen LogP contribution in [0.15, 0.2) is 29.5 Å². The van der Waals surface area contributed by atoms with Gasteiger partial charge >= 0.3 is 0 Å². The van der Waals surface area contributed by atoms with E-state index in [0.717, 1.165) is 31.5 Å². The molecule has 1 rings (SSSR count). The lowest BCUT2D eigenvalue weighted by molar-refractivity contribution is 0.534. The fraction of sp³-hybridized carbons (Fsp3) is 0.667. The van der Waals surface area contributed by atoms with E-state index in [-0.39, 0.29) is 0 Å². The van der Waals surface area contributed by atoms with Crippen molar-refractivity contribution in [3.05, 3.63) is 24.5 Å². The summed E-state index contributed by atoms with van der Waals surface area (Å²) in [6, 6.07) is 4.09. The first kappa shape index (κ1) is 15.6. The first-order valence-electron chi connectivity index (χ1n) is 7.27. The molecule has 108 valence electrons. The van der Waals surface area contributed by atoms with Crippen molar-refractivity contribution in [3.8, 4) is 0 Å². The molecule has 0 radical (unpaired) electrons. The van der Waals surface area contributed by atoms with Crippen LogP contribution in [-0.4, -0.2) is 30.7 Å². The van der Waals surface area contributed by atoms with Crippen LogP contribution in [0.4, 0.5) is 0 Å². The maximum Gasteiger partial charge on any atom is 0.191 e. The van der Waals surface area contributed by atoms with E-state index in [0.29, 0.717) is 0 Å². The van der Waals surface area contributed by atoms with Crippen LogP contribution in [0.3, 0.4) is 0 Å². The Labute approximate surface area is 117 Å². The Kier molecular flexibility index (Phi) is 7.78. The van der Waals surface area contributed by atoms with E-state index in [4.69, 9.17) is 0 Å². The standard InChI is InChI=1S/C15H28N4/c1-14(2)8-4-5-9-17-15(16-3)18-10-13-19-11-6-7-12-19/h6-7,11-12,14H,4-5,8-10,13H2,1-3H3,(H2,16,17,18). The van der Waals surface area contributed by atoms with E-state index < -0.39 is 0 Å². The predicted molar refractivity (Wildman–Crippen MR) is 82.5 cm³/mol. The molecule has 0 atom stereocenters. The molecule has 4 nitrogen and oxygen atoms in total. The smallest absolute Gasteiger partial charge is 0.191 e. The van der Waals surface area contributed by atoms with Gasteiger partial charge in [0.05, 0.1) is 0 Å². The van der Waals surface area contributed by atoms with E-state index in [1.807, 2.05) is 19.2 Å². The van der Waals surface area contributed by atoms with Gasteiger partial charge in [-0.3, -0.25) is 4.99 Å². The van der Waals surface area contributed by atoms with Crippen LogP contribution in [-0.2, 0) is 6.54 Å². The number of guanidine groups is 1. The number of hydrogen-bond acceptors (Lipinski definition) is 1. The highest BCUT2D eigenvalue weighted by molar-refractivity contribution is 5.79. The van der Waals surface area contributed by atoms with Gasteiger partial charge in [0.25, 0.3) is 0 Å². The third-order valence-corrected chi connectivity index (χ3v) is 3.05. The van der Waals surface area contributed by atoms with Crippen LogP contribution in [0.5, 0.6) is 0 Å². The van der Waals surface area contributed by atoms with Crippen LogP contribution in [0.1, 0.15) is 33.1 Å². The topological polar surface area (TPSA) is 41.4 Å². The first-order chi connectivity index (χ1) is 9.22. The Balaban J connectivity index is 2.06. The number of unbranched alkanes of at least 4 members (excludes halogenated alkanes) is 1. The average Bonchev–Trinajstić information content (AvgIpc) is 2.89. The highest BCUT2D eigenvalue weighted by Gasteiger charge is 1.98. The van der Waals surface area contributed by atoms with Crippen LogP contribution in [0.2, 0.25) is 0 Å². The SMILES string of the molecule is CN=C(NCCCCC(C)C)NCCn1cccc1. The van der Waals surface area contributed by atoms with Gasteiger partial charge in [0, 0.05) is 39.1 Å². The zero-order valence-corrected chi connectivity index (χ0v) is 12.5. The van der Waals surface area contributed by atoms with Gasteiger partial charge in [-0.15, -0.1) is 0 Å². The highest BCUT2D eigenvalue weighted by Crippen LogP contribution is 2.04. The molecule has 0 unspecified atom stereocenters. The van der Waals surface area contributed by atoms with Gasteiger partial charge in [-0.05, 0) is 24.5 Å². The summed E-state index contributed by atoms with van der Waals surface area (Å²) in [7, 11) is 1.82. The maximum absolute atomic E-state index is 4.22. The average molecular weight is 264 g/mol. The molecule has 0 saturated heterocycles. The number of rotatable bonds is 8. The number of hydrogen-bond donors (Lipinski definition) is 2. The normalized spacial score (nSPS) is 11.9. The van der Waals surface area contributed by atoms with E-state index in [2.05, 4.69) is 46.4 Å². The summed E-state index contributed by atoms with van der Waals surface area (Å²) in [5.74, 6) is 1.70. The van der Waals surface area contributed by atoms with Crippen LogP contribution in [0, 0.1) is 5.92 Å². The number of nitrogens with zero attached hydrogens (tertiary/aromatic N) is 2. The van der Waals surface area contributed by atoms with Gasteiger partial charge in [0.1, 0.15) is 0 Å². The quantitative estimate of drug-likeness (QED) is 0.430. The Bertz CT molecular complexity index is 341. The maximum atomic E-state index is 4.22. The molecule has 1 aromatic heterocycles. The third kappa shape index (κ3) is 7.54. The highest BCUT2D eigenvalue weighted by atomic mass is 15.2.